The van der Waals surface area contributed by atoms with E-state index in [1.165, 1.54) is 0 Å². The van der Waals surface area contributed by atoms with Crippen LogP contribution >= 0.6 is 0 Å². The molecule has 0 unspecified atom stereocenters. The number of allylic oxidation sites excluding steroid dienone is 1. The maximum absolute atomic E-state index is 13.0. The molecule has 4 rings (SSSR count). The molecule has 5 nitrogen and oxygen atoms in total. The van der Waals surface area contributed by atoms with Crippen molar-refractivity contribution < 1.29 is 13.2 Å². The van der Waals surface area contributed by atoms with Crippen LogP contribution in [0.25, 0.3) is 4.91 Å². The van der Waals surface area contributed by atoms with Crippen LogP contribution in [-0.4, -0.2) is 44.7 Å². The molecule has 118 valence electrons. The summed E-state index contributed by atoms with van der Waals surface area (Å²) >= 11 is 0. The summed E-state index contributed by atoms with van der Waals surface area (Å²) in [6, 6.07) is 7.75. The Morgan fingerprint density at radius 1 is 1.18 bits per heavy atom. The Hall–Kier alpha value is -1.21. The van der Waals surface area contributed by atoms with Crippen LogP contribution < -0.4 is 5.32 Å². The van der Waals surface area contributed by atoms with E-state index in [0.29, 0.717) is 43.9 Å². The van der Waals surface area contributed by atoms with Crippen molar-refractivity contribution in [1.29, 1.82) is 0 Å². The van der Waals surface area contributed by atoms with E-state index in [1.807, 2.05) is 30.3 Å². The third kappa shape index (κ3) is 2.22. The van der Waals surface area contributed by atoms with Crippen molar-refractivity contribution in [2.24, 2.45) is 0 Å². The van der Waals surface area contributed by atoms with Gasteiger partial charge in [0.2, 0.25) is 10.0 Å². The number of ether oxygens (including phenoxy) is 1. The molecule has 22 heavy (non-hydrogen) atoms. The van der Waals surface area contributed by atoms with Crippen LogP contribution in [0.1, 0.15) is 24.0 Å². The van der Waals surface area contributed by atoms with Gasteiger partial charge in [-0.15, -0.1) is 0 Å². The number of benzene rings is 1. The van der Waals surface area contributed by atoms with Crippen molar-refractivity contribution in [3.8, 4) is 0 Å². The molecule has 2 heterocycles. The molecule has 2 aliphatic heterocycles. The fourth-order valence-corrected chi connectivity index (χ4v) is 5.33. The highest BCUT2D eigenvalue weighted by atomic mass is 32.2. The number of piperidine rings is 1. The van der Waals surface area contributed by atoms with Gasteiger partial charge in [-0.2, -0.15) is 4.31 Å². The summed E-state index contributed by atoms with van der Waals surface area (Å²) in [5.74, 6) is 0. The smallest absolute Gasteiger partial charge is 0.243 e. The summed E-state index contributed by atoms with van der Waals surface area (Å²) < 4.78 is 33.3. The quantitative estimate of drug-likeness (QED) is 0.893. The van der Waals surface area contributed by atoms with E-state index >= 15 is 0 Å². The summed E-state index contributed by atoms with van der Waals surface area (Å²) in [5.41, 5.74) is 1.65. The van der Waals surface area contributed by atoms with Crippen molar-refractivity contribution in [2.45, 2.75) is 25.0 Å². The monoisotopic (exact) mass is 320 g/mol. The summed E-state index contributed by atoms with van der Waals surface area (Å²) in [7, 11) is -3.41. The molecule has 0 aromatic heterocycles. The number of rotatable bonds is 2. The second kappa shape index (κ2) is 5.16. The highest BCUT2D eigenvalue weighted by molar-refractivity contribution is 7.98. The first kappa shape index (κ1) is 14.4. The Kier molecular flexibility index (Phi) is 3.38. The molecule has 0 atom stereocenters. The number of hydrogen-bond donors (Lipinski definition) is 1. The van der Waals surface area contributed by atoms with Gasteiger partial charge in [-0.1, -0.05) is 30.3 Å². The fourth-order valence-electron chi connectivity index (χ4n) is 3.62. The number of nitrogens with one attached hydrogen (secondary N) is 1. The lowest BCUT2D eigenvalue weighted by Crippen LogP contribution is -2.52. The zero-order chi connectivity index (χ0) is 15.2. The minimum absolute atomic E-state index is 0.298. The Morgan fingerprint density at radius 2 is 1.95 bits per heavy atom. The number of hydrogen-bond acceptors (Lipinski definition) is 4. The summed E-state index contributed by atoms with van der Waals surface area (Å²) in [6.07, 6.45) is 3.96. The minimum atomic E-state index is -3.41. The van der Waals surface area contributed by atoms with E-state index in [1.54, 1.807) is 4.31 Å². The average molecular weight is 320 g/mol. The van der Waals surface area contributed by atoms with Gasteiger partial charge < -0.3 is 4.74 Å². The summed E-state index contributed by atoms with van der Waals surface area (Å²) in [6.45, 7) is 2.58. The van der Waals surface area contributed by atoms with Crippen molar-refractivity contribution in [3.63, 3.8) is 0 Å². The van der Waals surface area contributed by atoms with Gasteiger partial charge in [0.1, 0.15) is 5.72 Å². The first-order chi connectivity index (χ1) is 10.6. The second-order valence-corrected chi connectivity index (χ2v) is 8.01. The molecule has 0 bridgehead atoms. The predicted molar refractivity (Wildman–Crippen MR) is 84.5 cm³/mol. The predicted octanol–water partition coefficient (Wildman–Crippen LogP) is 1.33. The van der Waals surface area contributed by atoms with Crippen molar-refractivity contribution in [1.82, 2.24) is 9.62 Å². The highest BCUT2D eigenvalue weighted by Crippen LogP contribution is 2.36. The van der Waals surface area contributed by atoms with Crippen LogP contribution in [0, 0.1) is 0 Å². The van der Waals surface area contributed by atoms with E-state index in [9.17, 15) is 8.42 Å². The molecule has 0 amide bonds. The molecule has 1 N–H and O–H groups in total. The fraction of sp³-hybridized carbons (Fsp3) is 0.500. The van der Waals surface area contributed by atoms with Gasteiger partial charge >= 0.3 is 0 Å². The Bertz CT molecular complexity index is 711. The van der Waals surface area contributed by atoms with Crippen molar-refractivity contribution >= 4 is 14.9 Å². The molecule has 6 heteroatoms. The largest absolute Gasteiger partial charge is 0.359 e. The maximum atomic E-state index is 13.0. The zero-order valence-electron chi connectivity index (χ0n) is 12.4. The van der Waals surface area contributed by atoms with Gasteiger partial charge in [-0.05, 0) is 17.5 Å². The molecule has 2 saturated heterocycles. The highest BCUT2D eigenvalue weighted by Gasteiger charge is 2.42. The lowest BCUT2D eigenvalue weighted by molar-refractivity contribution is -0.0444. The summed E-state index contributed by atoms with van der Waals surface area (Å²) in [4.78, 5) is 0.472. The zero-order valence-corrected chi connectivity index (χ0v) is 13.2. The van der Waals surface area contributed by atoms with Crippen molar-refractivity contribution in [3.05, 3.63) is 41.5 Å². The minimum Gasteiger partial charge on any atom is -0.359 e. The van der Waals surface area contributed by atoms with E-state index in [2.05, 4.69) is 5.32 Å². The van der Waals surface area contributed by atoms with E-state index in [4.69, 9.17) is 4.74 Å². The molecule has 2 fully saturated rings. The van der Waals surface area contributed by atoms with Gasteiger partial charge in [0.15, 0.2) is 0 Å². The van der Waals surface area contributed by atoms with E-state index < -0.39 is 10.0 Å². The van der Waals surface area contributed by atoms with Crippen molar-refractivity contribution in [2.75, 3.05) is 26.2 Å². The first-order valence-electron chi connectivity index (χ1n) is 7.78. The number of fused-ring (bicyclic) bond motifs is 1. The van der Waals surface area contributed by atoms with Gasteiger partial charge in [-0.25, -0.2) is 8.42 Å². The molecular weight excluding hydrogens is 300 g/mol. The maximum Gasteiger partial charge on any atom is 0.243 e. The average Bonchev–Trinajstić information content (AvgIpc) is 3.15. The number of nitrogens with zero attached hydrogens (tertiary/aromatic N) is 1. The molecule has 3 aliphatic rings. The molecule has 0 radical (unpaired) electrons. The molecule has 1 spiro atoms. The van der Waals surface area contributed by atoms with Gasteiger partial charge in [0.05, 0.1) is 11.5 Å². The third-order valence-electron chi connectivity index (χ3n) is 4.87. The van der Waals surface area contributed by atoms with Crippen LogP contribution in [0.3, 0.4) is 0 Å². The molecule has 1 aromatic carbocycles. The lowest BCUT2D eigenvalue weighted by Gasteiger charge is -2.38. The Balaban J connectivity index is 1.56. The lowest BCUT2D eigenvalue weighted by atomic mass is 10.0. The normalized spacial score (nSPS) is 24.5. The van der Waals surface area contributed by atoms with E-state index in [-0.39, 0.29) is 5.72 Å². The molecular formula is C16H20N2O3S. The van der Waals surface area contributed by atoms with E-state index in [0.717, 1.165) is 17.7 Å². The molecule has 1 aromatic rings. The van der Waals surface area contributed by atoms with Crippen LogP contribution in [0.15, 0.2) is 30.3 Å². The van der Waals surface area contributed by atoms with Gasteiger partial charge in [0, 0.05) is 32.5 Å². The van der Waals surface area contributed by atoms with Crippen LogP contribution in [-0.2, 0) is 21.2 Å². The second-order valence-electron chi connectivity index (χ2n) is 6.10. The van der Waals surface area contributed by atoms with Crippen LogP contribution in [0.2, 0.25) is 0 Å². The SMILES string of the molecule is O=S(=O)(C1=CCc2ccccc21)N1CCC2(CC1)NCCO2. The first-order valence-corrected chi connectivity index (χ1v) is 9.22. The van der Waals surface area contributed by atoms with Gasteiger partial charge in [-0.3, -0.25) is 5.32 Å². The standard InChI is InChI=1S/C16H20N2O3S/c19-22(20,15-6-5-13-3-1-2-4-14(13)15)18-10-7-16(8-11-18)17-9-12-21-16/h1-4,6,17H,5,7-12H2. The molecule has 0 saturated carbocycles. The van der Waals surface area contributed by atoms with Crippen LogP contribution in [0.4, 0.5) is 0 Å². The number of sulfonamides is 1. The Labute approximate surface area is 131 Å². The molecule has 1 aliphatic carbocycles. The third-order valence-corrected chi connectivity index (χ3v) is 6.85. The van der Waals surface area contributed by atoms with Crippen LogP contribution in [0.5, 0.6) is 0 Å². The van der Waals surface area contributed by atoms with Gasteiger partial charge in [0.25, 0.3) is 0 Å². The Morgan fingerprint density at radius 3 is 2.68 bits per heavy atom. The topological polar surface area (TPSA) is 58.6 Å². The summed E-state index contributed by atoms with van der Waals surface area (Å²) in [5, 5.41) is 3.37.